The normalized spacial score (nSPS) is 12.4. The summed E-state index contributed by atoms with van der Waals surface area (Å²) in [6.45, 7) is 4.96. The van der Waals surface area contributed by atoms with Crippen molar-refractivity contribution in [3.05, 3.63) is 30.1 Å². The van der Waals surface area contributed by atoms with E-state index >= 15 is 0 Å². The van der Waals surface area contributed by atoms with Crippen LogP contribution in [-0.2, 0) is 10.5 Å². The molecule has 1 rings (SSSR count). The zero-order valence-corrected chi connectivity index (χ0v) is 14.1. The largest absolute Gasteiger partial charge is 0.346 e. The first-order valence-electron chi connectivity index (χ1n) is 7.48. The average Bonchev–Trinajstić information content (AvgIpc) is 2.49. The van der Waals surface area contributed by atoms with Gasteiger partial charge in [-0.15, -0.1) is 0 Å². The Bertz CT molecular complexity index is 411. The standard InChI is InChI=1S/C16H27N3OS/c1-13(2)15(17)7-10-19(3)16(20)8-11-21-12-14-6-4-5-9-18-14/h4-6,9,13,15H,7-8,10-12,17H2,1-3H3. The van der Waals surface area contributed by atoms with Gasteiger partial charge in [-0.05, 0) is 24.5 Å². The molecule has 0 aromatic carbocycles. The number of thioether (sulfide) groups is 1. The van der Waals surface area contributed by atoms with E-state index in [-0.39, 0.29) is 11.9 Å². The van der Waals surface area contributed by atoms with Crippen molar-refractivity contribution in [2.45, 2.75) is 38.5 Å². The van der Waals surface area contributed by atoms with Crippen molar-refractivity contribution >= 4 is 17.7 Å². The molecule has 1 unspecified atom stereocenters. The third-order valence-corrected chi connectivity index (χ3v) is 4.51. The SMILES string of the molecule is CC(C)C(N)CCN(C)C(=O)CCSCc1ccccn1. The van der Waals surface area contributed by atoms with Gasteiger partial charge in [-0.3, -0.25) is 9.78 Å². The first-order chi connectivity index (χ1) is 10.0. The van der Waals surface area contributed by atoms with Crippen LogP contribution in [-0.4, -0.2) is 41.2 Å². The van der Waals surface area contributed by atoms with Gasteiger partial charge < -0.3 is 10.6 Å². The van der Waals surface area contributed by atoms with Gasteiger partial charge in [0.1, 0.15) is 0 Å². The monoisotopic (exact) mass is 309 g/mol. The molecule has 21 heavy (non-hydrogen) atoms. The summed E-state index contributed by atoms with van der Waals surface area (Å²) in [4.78, 5) is 18.1. The Hall–Kier alpha value is -1.07. The van der Waals surface area contributed by atoms with Crippen LogP contribution in [0, 0.1) is 5.92 Å². The Labute approximate surface area is 132 Å². The van der Waals surface area contributed by atoms with E-state index in [2.05, 4.69) is 18.8 Å². The maximum Gasteiger partial charge on any atom is 0.223 e. The van der Waals surface area contributed by atoms with Crippen molar-refractivity contribution in [3.63, 3.8) is 0 Å². The fourth-order valence-electron chi connectivity index (χ4n) is 1.81. The first-order valence-corrected chi connectivity index (χ1v) is 8.63. The summed E-state index contributed by atoms with van der Waals surface area (Å²) in [5.41, 5.74) is 7.06. The smallest absolute Gasteiger partial charge is 0.223 e. The predicted octanol–water partition coefficient (Wildman–Crippen LogP) is 2.54. The van der Waals surface area contributed by atoms with Gasteiger partial charge in [-0.25, -0.2) is 0 Å². The molecule has 4 nitrogen and oxygen atoms in total. The second-order valence-electron chi connectivity index (χ2n) is 5.64. The molecular weight excluding hydrogens is 282 g/mol. The topological polar surface area (TPSA) is 59.2 Å². The summed E-state index contributed by atoms with van der Waals surface area (Å²) >= 11 is 1.75. The minimum absolute atomic E-state index is 0.166. The highest BCUT2D eigenvalue weighted by Gasteiger charge is 2.12. The summed E-state index contributed by atoms with van der Waals surface area (Å²) in [6.07, 6.45) is 3.23. The maximum absolute atomic E-state index is 12.0. The molecule has 0 bridgehead atoms. The molecule has 1 heterocycles. The number of hydrogen-bond donors (Lipinski definition) is 1. The van der Waals surface area contributed by atoms with Crippen LogP contribution < -0.4 is 5.73 Å². The van der Waals surface area contributed by atoms with E-state index in [1.165, 1.54) is 0 Å². The van der Waals surface area contributed by atoms with Crippen molar-refractivity contribution in [1.29, 1.82) is 0 Å². The highest BCUT2D eigenvalue weighted by molar-refractivity contribution is 7.98. The second-order valence-corrected chi connectivity index (χ2v) is 6.74. The molecule has 1 aromatic rings. The third kappa shape index (κ3) is 7.48. The summed E-state index contributed by atoms with van der Waals surface area (Å²) in [5.74, 6) is 2.34. The van der Waals surface area contributed by atoms with Gasteiger partial charge in [0.05, 0.1) is 5.69 Å². The molecule has 0 saturated carbocycles. The summed E-state index contributed by atoms with van der Waals surface area (Å²) < 4.78 is 0. The number of carbonyl (C=O) groups is 1. The minimum Gasteiger partial charge on any atom is -0.346 e. The number of pyridine rings is 1. The molecule has 1 aromatic heterocycles. The molecule has 2 N–H and O–H groups in total. The van der Waals surface area contributed by atoms with Gasteiger partial charge in [0, 0.05) is 43.8 Å². The number of nitrogens with zero attached hydrogens (tertiary/aromatic N) is 2. The van der Waals surface area contributed by atoms with Crippen molar-refractivity contribution < 1.29 is 4.79 Å². The predicted molar refractivity (Wildman–Crippen MR) is 90.1 cm³/mol. The quantitative estimate of drug-likeness (QED) is 0.712. The number of carbonyl (C=O) groups excluding carboxylic acids is 1. The van der Waals surface area contributed by atoms with Gasteiger partial charge in [0.15, 0.2) is 0 Å². The van der Waals surface area contributed by atoms with E-state index in [1.54, 1.807) is 22.9 Å². The zero-order valence-electron chi connectivity index (χ0n) is 13.3. The molecule has 5 heteroatoms. The Morgan fingerprint density at radius 3 is 2.81 bits per heavy atom. The molecule has 0 spiro atoms. The molecule has 0 aliphatic carbocycles. The molecule has 1 atom stereocenters. The van der Waals surface area contributed by atoms with Crippen LogP contribution in [0.2, 0.25) is 0 Å². The Balaban J connectivity index is 2.15. The highest BCUT2D eigenvalue weighted by Crippen LogP contribution is 2.11. The Morgan fingerprint density at radius 1 is 1.43 bits per heavy atom. The van der Waals surface area contributed by atoms with Gasteiger partial charge >= 0.3 is 0 Å². The lowest BCUT2D eigenvalue weighted by atomic mass is 10.0. The van der Waals surface area contributed by atoms with Gasteiger partial charge in [-0.2, -0.15) is 11.8 Å². The van der Waals surface area contributed by atoms with Crippen molar-refractivity contribution in [1.82, 2.24) is 9.88 Å². The molecule has 118 valence electrons. The van der Waals surface area contributed by atoms with E-state index < -0.39 is 0 Å². The molecule has 0 saturated heterocycles. The molecule has 1 amide bonds. The van der Waals surface area contributed by atoms with Crippen LogP contribution in [0.5, 0.6) is 0 Å². The summed E-state index contributed by atoms with van der Waals surface area (Å²) in [5, 5.41) is 0. The second kappa shape index (κ2) is 9.79. The fraction of sp³-hybridized carbons (Fsp3) is 0.625. The van der Waals surface area contributed by atoms with Gasteiger partial charge in [0.25, 0.3) is 0 Å². The number of hydrogen-bond acceptors (Lipinski definition) is 4. The van der Waals surface area contributed by atoms with E-state index in [0.717, 1.165) is 30.2 Å². The van der Waals surface area contributed by atoms with Gasteiger partial charge in [0.2, 0.25) is 5.91 Å². The van der Waals surface area contributed by atoms with Crippen molar-refractivity contribution in [2.75, 3.05) is 19.3 Å². The Kier molecular flexibility index (Phi) is 8.38. The van der Waals surface area contributed by atoms with Gasteiger partial charge in [-0.1, -0.05) is 19.9 Å². The third-order valence-electron chi connectivity index (χ3n) is 3.52. The van der Waals surface area contributed by atoms with E-state index in [0.29, 0.717) is 12.3 Å². The molecule has 0 radical (unpaired) electrons. The first kappa shape index (κ1) is 18.0. The van der Waals surface area contributed by atoms with Crippen molar-refractivity contribution in [2.24, 2.45) is 11.7 Å². The lowest BCUT2D eigenvalue weighted by Gasteiger charge is -2.21. The fourth-order valence-corrected chi connectivity index (χ4v) is 2.65. The van der Waals surface area contributed by atoms with Crippen LogP contribution in [0.25, 0.3) is 0 Å². The van der Waals surface area contributed by atoms with Crippen LogP contribution in [0.3, 0.4) is 0 Å². The lowest BCUT2D eigenvalue weighted by molar-refractivity contribution is -0.129. The summed E-state index contributed by atoms with van der Waals surface area (Å²) in [7, 11) is 1.86. The van der Waals surface area contributed by atoms with Crippen LogP contribution >= 0.6 is 11.8 Å². The zero-order chi connectivity index (χ0) is 15.7. The van der Waals surface area contributed by atoms with E-state index in [9.17, 15) is 4.79 Å². The molecule has 0 fully saturated rings. The van der Waals surface area contributed by atoms with E-state index in [4.69, 9.17) is 5.73 Å². The highest BCUT2D eigenvalue weighted by atomic mass is 32.2. The number of rotatable bonds is 9. The minimum atomic E-state index is 0.166. The maximum atomic E-state index is 12.0. The molecule has 0 aliphatic rings. The van der Waals surface area contributed by atoms with Crippen LogP contribution in [0.15, 0.2) is 24.4 Å². The Morgan fingerprint density at radius 2 is 2.19 bits per heavy atom. The van der Waals surface area contributed by atoms with E-state index in [1.807, 2.05) is 25.2 Å². The number of amides is 1. The molecular formula is C16H27N3OS. The summed E-state index contributed by atoms with van der Waals surface area (Å²) in [6, 6.07) is 6.07. The van der Waals surface area contributed by atoms with Crippen LogP contribution in [0.4, 0.5) is 0 Å². The van der Waals surface area contributed by atoms with Crippen molar-refractivity contribution in [3.8, 4) is 0 Å². The number of aromatic nitrogens is 1. The average molecular weight is 309 g/mol. The molecule has 0 aliphatic heterocycles. The lowest BCUT2D eigenvalue weighted by Crippen LogP contribution is -2.34. The number of nitrogens with two attached hydrogens (primary N) is 1. The van der Waals surface area contributed by atoms with Crippen LogP contribution in [0.1, 0.15) is 32.4 Å².